The molecule has 0 saturated heterocycles. The van der Waals surface area contributed by atoms with Crippen LogP contribution in [-0.4, -0.2) is 17.6 Å². The molecule has 104 valence electrons. The highest BCUT2D eigenvalue weighted by atomic mass is 16.3. The number of nitrogen functional groups attached to an aromatic ring is 1. The van der Waals surface area contributed by atoms with Gasteiger partial charge in [0, 0.05) is 12.1 Å². The Morgan fingerprint density at radius 2 is 1.90 bits per heavy atom. The number of carbonyl (C=O) groups excluding carboxylic acids is 1. The number of nitrogens with two attached hydrogens (primary N) is 2. The topological polar surface area (TPSA) is 101 Å². The molecule has 6 N–H and O–H groups in total. The first-order chi connectivity index (χ1) is 9.58. The number of primary amides is 1. The van der Waals surface area contributed by atoms with Gasteiger partial charge in [-0.3, -0.25) is 4.79 Å². The first-order valence-corrected chi connectivity index (χ1v) is 6.24. The Morgan fingerprint density at radius 3 is 2.50 bits per heavy atom. The van der Waals surface area contributed by atoms with Crippen molar-refractivity contribution in [2.75, 3.05) is 17.6 Å². The first-order valence-electron chi connectivity index (χ1n) is 6.24. The molecule has 0 radical (unpaired) electrons. The van der Waals surface area contributed by atoms with E-state index in [1.165, 1.54) is 6.07 Å². The fourth-order valence-electron chi connectivity index (χ4n) is 1.88. The number of benzene rings is 2. The van der Waals surface area contributed by atoms with Crippen molar-refractivity contribution in [2.24, 2.45) is 5.73 Å². The smallest absolute Gasteiger partial charge is 0.248 e. The number of hydrogen-bond acceptors (Lipinski definition) is 4. The average Bonchev–Trinajstić information content (AvgIpc) is 2.46. The van der Waals surface area contributed by atoms with Gasteiger partial charge in [0.1, 0.15) is 0 Å². The number of carbonyl (C=O) groups is 1. The monoisotopic (exact) mass is 271 g/mol. The lowest BCUT2D eigenvalue weighted by Gasteiger charge is -2.14. The summed E-state index contributed by atoms with van der Waals surface area (Å²) in [5.41, 5.74) is 13.3. The summed E-state index contributed by atoms with van der Waals surface area (Å²) in [6.07, 6.45) is -0.633. The standard InChI is InChI=1S/C15H17N3O2/c16-12-8-11(15(17)20)6-7-13(12)18-9-14(19)10-4-2-1-3-5-10/h1-8,14,18-19H,9,16H2,(H2,17,20)/t14-/m1/s1. The molecule has 5 heteroatoms. The van der Waals surface area contributed by atoms with Gasteiger partial charge < -0.3 is 21.9 Å². The quantitative estimate of drug-likeness (QED) is 0.619. The number of aliphatic hydroxyl groups excluding tert-OH is 1. The van der Waals surface area contributed by atoms with Crippen LogP contribution in [0, 0.1) is 0 Å². The molecule has 0 aromatic heterocycles. The molecular weight excluding hydrogens is 254 g/mol. The molecule has 1 atom stereocenters. The molecule has 20 heavy (non-hydrogen) atoms. The average molecular weight is 271 g/mol. The molecule has 0 aliphatic heterocycles. The van der Waals surface area contributed by atoms with Crippen molar-refractivity contribution in [3.63, 3.8) is 0 Å². The van der Waals surface area contributed by atoms with Gasteiger partial charge in [0.25, 0.3) is 0 Å². The summed E-state index contributed by atoms with van der Waals surface area (Å²) in [5, 5.41) is 13.1. The Kier molecular flexibility index (Phi) is 4.22. The summed E-state index contributed by atoms with van der Waals surface area (Å²) < 4.78 is 0. The fourth-order valence-corrected chi connectivity index (χ4v) is 1.88. The number of hydrogen-bond donors (Lipinski definition) is 4. The molecule has 2 aromatic rings. The van der Waals surface area contributed by atoms with Gasteiger partial charge in [-0.15, -0.1) is 0 Å². The Morgan fingerprint density at radius 1 is 1.20 bits per heavy atom. The fraction of sp³-hybridized carbons (Fsp3) is 0.133. The number of aliphatic hydroxyl groups is 1. The number of rotatable bonds is 5. The van der Waals surface area contributed by atoms with E-state index in [1.54, 1.807) is 12.1 Å². The Labute approximate surface area is 117 Å². The van der Waals surface area contributed by atoms with Gasteiger partial charge in [0.05, 0.1) is 17.5 Å². The van der Waals surface area contributed by atoms with Crippen LogP contribution in [-0.2, 0) is 0 Å². The molecule has 2 aromatic carbocycles. The van der Waals surface area contributed by atoms with Gasteiger partial charge in [-0.05, 0) is 23.8 Å². The second-order valence-corrected chi connectivity index (χ2v) is 4.47. The molecule has 0 spiro atoms. The van der Waals surface area contributed by atoms with E-state index in [9.17, 15) is 9.90 Å². The molecule has 0 heterocycles. The first kappa shape index (κ1) is 13.9. The molecule has 0 aliphatic rings. The van der Waals surface area contributed by atoms with Crippen molar-refractivity contribution in [3.05, 3.63) is 59.7 Å². The molecule has 0 saturated carbocycles. The highest BCUT2D eigenvalue weighted by Gasteiger charge is 2.09. The summed E-state index contributed by atoms with van der Waals surface area (Å²) >= 11 is 0. The third kappa shape index (κ3) is 3.27. The van der Waals surface area contributed by atoms with Gasteiger partial charge in [-0.2, -0.15) is 0 Å². The number of nitrogens with one attached hydrogen (secondary N) is 1. The lowest BCUT2D eigenvalue weighted by atomic mass is 10.1. The van der Waals surface area contributed by atoms with Crippen LogP contribution in [0.1, 0.15) is 22.0 Å². The van der Waals surface area contributed by atoms with Crippen LogP contribution in [0.2, 0.25) is 0 Å². The van der Waals surface area contributed by atoms with Crippen LogP contribution < -0.4 is 16.8 Å². The Balaban J connectivity index is 2.02. The van der Waals surface area contributed by atoms with Crippen LogP contribution in [0.5, 0.6) is 0 Å². The van der Waals surface area contributed by atoms with Gasteiger partial charge in [-0.25, -0.2) is 0 Å². The predicted octanol–water partition coefficient (Wildman–Crippen LogP) is 1.51. The lowest BCUT2D eigenvalue weighted by molar-refractivity contribution is 0.100. The van der Waals surface area contributed by atoms with Crippen LogP contribution in [0.15, 0.2) is 48.5 Å². The van der Waals surface area contributed by atoms with Crippen LogP contribution in [0.4, 0.5) is 11.4 Å². The van der Waals surface area contributed by atoms with Gasteiger partial charge >= 0.3 is 0 Å². The lowest BCUT2D eigenvalue weighted by Crippen LogP contribution is -2.14. The molecule has 5 nitrogen and oxygen atoms in total. The molecule has 2 rings (SSSR count). The van der Waals surface area contributed by atoms with Gasteiger partial charge in [0.15, 0.2) is 0 Å². The van der Waals surface area contributed by atoms with E-state index in [0.717, 1.165) is 5.56 Å². The molecule has 0 aliphatic carbocycles. The third-order valence-corrected chi connectivity index (χ3v) is 3.01. The number of amides is 1. The maximum Gasteiger partial charge on any atom is 0.248 e. The van der Waals surface area contributed by atoms with E-state index in [4.69, 9.17) is 11.5 Å². The summed E-state index contributed by atoms with van der Waals surface area (Å²) in [5.74, 6) is -0.521. The summed E-state index contributed by atoms with van der Waals surface area (Å²) in [6, 6.07) is 14.1. The summed E-state index contributed by atoms with van der Waals surface area (Å²) in [6.45, 7) is 0.324. The van der Waals surface area contributed by atoms with Crippen molar-refractivity contribution in [3.8, 4) is 0 Å². The maximum atomic E-state index is 11.0. The van der Waals surface area contributed by atoms with Crippen molar-refractivity contribution >= 4 is 17.3 Å². The normalized spacial score (nSPS) is 11.8. The zero-order valence-corrected chi connectivity index (χ0v) is 10.9. The second-order valence-electron chi connectivity index (χ2n) is 4.47. The molecule has 0 bridgehead atoms. The molecular formula is C15H17N3O2. The Hall–Kier alpha value is -2.53. The van der Waals surface area contributed by atoms with Crippen molar-refractivity contribution in [1.29, 1.82) is 0 Å². The van der Waals surface area contributed by atoms with Gasteiger partial charge in [0.2, 0.25) is 5.91 Å². The van der Waals surface area contributed by atoms with Crippen molar-refractivity contribution in [1.82, 2.24) is 0 Å². The SMILES string of the molecule is NC(=O)c1ccc(NC[C@@H](O)c2ccccc2)c(N)c1. The van der Waals surface area contributed by atoms with Gasteiger partial charge in [-0.1, -0.05) is 30.3 Å². The Bertz CT molecular complexity index is 599. The van der Waals surface area contributed by atoms with Crippen molar-refractivity contribution < 1.29 is 9.90 Å². The van der Waals surface area contributed by atoms with Crippen LogP contribution in [0.3, 0.4) is 0 Å². The van der Waals surface area contributed by atoms with E-state index in [-0.39, 0.29) is 0 Å². The van der Waals surface area contributed by atoms with E-state index >= 15 is 0 Å². The maximum absolute atomic E-state index is 11.0. The predicted molar refractivity (Wildman–Crippen MR) is 79.3 cm³/mol. The highest BCUT2D eigenvalue weighted by Crippen LogP contribution is 2.21. The van der Waals surface area contributed by atoms with E-state index < -0.39 is 12.0 Å². The zero-order chi connectivity index (χ0) is 14.5. The molecule has 0 unspecified atom stereocenters. The van der Waals surface area contributed by atoms with Crippen molar-refractivity contribution in [2.45, 2.75) is 6.10 Å². The minimum atomic E-state index is -0.633. The minimum absolute atomic E-state index is 0.324. The molecule has 0 fully saturated rings. The third-order valence-electron chi connectivity index (χ3n) is 3.01. The number of anilines is 2. The second kappa shape index (κ2) is 6.08. The van der Waals surface area contributed by atoms with Crippen LogP contribution >= 0.6 is 0 Å². The zero-order valence-electron chi connectivity index (χ0n) is 10.9. The van der Waals surface area contributed by atoms with E-state index in [1.807, 2.05) is 30.3 Å². The van der Waals surface area contributed by atoms with E-state index in [2.05, 4.69) is 5.32 Å². The largest absolute Gasteiger partial charge is 0.397 e. The van der Waals surface area contributed by atoms with E-state index in [0.29, 0.717) is 23.5 Å². The summed E-state index contributed by atoms with van der Waals surface area (Å²) in [7, 11) is 0. The minimum Gasteiger partial charge on any atom is -0.397 e. The van der Waals surface area contributed by atoms with Crippen LogP contribution in [0.25, 0.3) is 0 Å². The summed E-state index contributed by atoms with van der Waals surface area (Å²) in [4.78, 5) is 11.0. The molecule has 1 amide bonds. The highest BCUT2D eigenvalue weighted by molar-refractivity contribution is 5.94.